The highest BCUT2D eigenvalue weighted by Gasteiger charge is 2.38. The lowest BCUT2D eigenvalue weighted by atomic mass is 10.1. The number of fused-ring (bicyclic) bond motifs is 4. The van der Waals surface area contributed by atoms with Gasteiger partial charge in [0.05, 0.1) is 24.1 Å². The van der Waals surface area contributed by atoms with Gasteiger partial charge in [-0.2, -0.15) is 0 Å². The van der Waals surface area contributed by atoms with Gasteiger partial charge in [-0.15, -0.1) is 16.9 Å². The van der Waals surface area contributed by atoms with Gasteiger partial charge in [0, 0.05) is 60.4 Å². The second-order valence-electron chi connectivity index (χ2n) is 10.5. The third-order valence-corrected chi connectivity index (χ3v) is 8.56. The molecule has 2 aromatic carbocycles. The molecule has 1 unspecified atom stereocenters. The molecule has 0 saturated carbocycles. The van der Waals surface area contributed by atoms with Crippen LogP contribution in [0.3, 0.4) is 0 Å². The molecule has 3 heterocycles. The number of carbonyl (C=O) groups is 2. The second-order valence-corrected chi connectivity index (χ2v) is 11.8. The molecule has 1 aliphatic carbocycles. The fraction of sp³-hybridized carbons (Fsp3) is 0.333. The molecule has 11 nitrogen and oxygen atoms in total. The fourth-order valence-corrected chi connectivity index (χ4v) is 6.12. The quantitative estimate of drug-likeness (QED) is 0.0699. The van der Waals surface area contributed by atoms with E-state index < -0.39 is 0 Å². The van der Waals surface area contributed by atoms with Gasteiger partial charge in [0.15, 0.2) is 11.3 Å². The largest absolute Gasteiger partial charge is 1.00 e. The maximum atomic E-state index is 12.6. The lowest BCUT2D eigenvalue weighted by Gasteiger charge is -2.13. The Morgan fingerprint density at radius 1 is 1.14 bits per heavy atom. The number of nitrogens with zero attached hydrogens (tertiary/aromatic N) is 6. The molecule has 2 aliphatic heterocycles. The standard InChI is InChI=1S/C30H32N8O3S.ClH/c1-36(2)20-8-9-23-25(14-20)41-26-15-24(21-6-3-4-7-22(21)29(26)33-23)32-11-5-12-37-17-19(34-35-37)18-38-28(39)16-27(30(38)40)42-13-10-31;/h3-4,6-9,14-15,17,27H,5,10-13,16,18,31H2,1-2H3;1H. The summed E-state index contributed by atoms with van der Waals surface area (Å²) < 4.78 is 10.1. The predicted molar refractivity (Wildman–Crippen MR) is 164 cm³/mol. The molecule has 1 aromatic heterocycles. The molecule has 224 valence electrons. The molecular weight excluding hydrogens is 588 g/mol. The number of likely N-dealkylation sites (tertiary alicyclic amines) is 1. The van der Waals surface area contributed by atoms with Crippen LogP contribution in [0, 0.1) is 0 Å². The van der Waals surface area contributed by atoms with Gasteiger partial charge in [0.25, 0.3) is 0 Å². The van der Waals surface area contributed by atoms with Gasteiger partial charge in [-0.1, -0.05) is 29.5 Å². The second kappa shape index (κ2) is 13.1. The molecule has 2 amide bonds. The lowest BCUT2D eigenvalue weighted by molar-refractivity contribution is -0.139. The Morgan fingerprint density at radius 2 is 1.95 bits per heavy atom. The van der Waals surface area contributed by atoms with E-state index in [0.717, 1.165) is 50.8 Å². The molecule has 6 rings (SSSR count). The van der Waals surface area contributed by atoms with Crippen LogP contribution in [0.25, 0.3) is 33.3 Å². The van der Waals surface area contributed by atoms with Crippen molar-refractivity contribution >= 4 is 51.1 Å². The molecule has 3 aromatic rings. The average molecular weight is 621 g/mol. The summed E-state index contributed by atoms with van der Waals surface area (Å²) in [5, 5.41) is 14.7. The molecule has 13 heteroatoms. The number of amides is 2. The highest BCUT2D eigenvalue weighted by molar-refractivity contribution is 8.00. The zero-order valence-corrected chi connectivity index (χ0v) is 25.6. The molecule has 3 aliphatic rings. The van der Waals surface area contributed by atoms with E-state index >= 15 is 0 Å². The number of halogens is 1. The number of rotatable bonds is 10. The highest BCUT2D eigenvalue weighted by Crippen LogP contribution is 2.34. The maximum absolute atomic E-state index is 12.6. The summed E-state index contributed by atoms with van der Waals surface area (Å²) in [5.41, 5.74) is 9.47. The summed E-state index contributed by atoms with van der Waals surface area (Å²) in [7, 11) is 4.00. The Balaban J connectivity index is 0.00000368. The maximum Gasteiger partial charge on any atom is 0.243 e. The molecule has 1 atom stereocenters. The zero-order chi connectivity index (χ0) is 29.2. The van der Waals surface area contributed by atoms with Gasteiger partial charge < -0.3 is 27.9 Å². The van der Waals surface area contributed by atoms with Crippen molar-refractivity contribution in [1.29, 1.82) is 0 Å². The van der Waals surface area contributed by atoms with E-state index in [2.05, 4.69) is 27.8 Å². The van der Waals surface area contributed by atoms with Crippen LogP contribution in [0.5, 0.6) is 0 Å². The summed E-state index contributed by atoms with van der Waals surface area (Å²) in [6.07, 6.45) is 2.79. The van der Waals surface area contributed by atoms with Crippen molar-refractivity contribution < 1.29 is 26.4 Å². The summed E-state index contributed by atoms with van der Waals surface area (Å²) in [6, 6.07) is 16.2. The monoisotopic (exact) mass is 620 g/mol. The Labute approximate surface area is 258 Å². The normalized spacial score (nSPS) is 15.0. The first kappa shape index (κ1) is 30.5. The molecule has 0 spiro atoms. The number of aryl methyl sites for hydroxylation is 1. The van der Waals surface area contributed by atoms with Crippen molar-refractivity contribution in [2.24, 2.45) is 5.73 Å². The number of hydrogen-bond acceptors (Lipinski definition) is 9. The number of anilines is 1. The van der Waals surface area contributed by atoms with Crippen LogP contribution in [-0.2, 0) is 22.7 Å². The average Bonchev–Trinajstić information content (AvgIpc) is 3.56. The Morgan fingerprint density at radius 3 is 2.74 bits per heavy atom. The van der Waals surface area contributed by atoms with Gasteiger partial charge in [-0.05, 0) is 12.5 Å². The highest BCUT2D eigenvalue weighted by atomic mass is 35.5. The first-order valence-corrected chi connectivity index (χ1v) is 15.0. The molecule has 43 heavy (non-hydrogen) atoms. The van der Waals surface area contributed by atoms with E-state index in [-0.39, 0.29) is 42.4 Å². The lowest BCUT2D eigenvalue weighted by Crippen LogP contribution is -3.00. The van der Waals surface area contributed by atoms with Crippen LogP contribution in [0.1, 0.15) is 18.5 Å². The van der Waals surface area contributed by atoms with Crippen LogP contribution < -0.4 is 33.4 Å². The summed E-state index contributed by atoms with van der Waals surface area (Å²) in [4.78, 5) is 31.2. The number of thioether (sulfide) groups is 1. The van der Waals surface area contributed by atoms with Crippen molar-refractivity contribution in [2.45, 2.75) is 31.2 Å². The fourth-order valence-electron chi connectivity index (χ4n) is 5.17. The summed E-state index contributed by atoms with van der Waals surface area (Å²) in [5.74, 6) is 1.03. The van der Waals surface area contributed by atoms with Crippen LogP contribution in [0.2, 0.25) is 0 Å². The molecule has 1 saturated heterocycles. The van der Waals surface area contributed by atoms with E-state index in [1.54, 1.807) is 10.9 Å². The van der Waals surface area contributed by atoms with Gasteiger partial charge in [-0.25, -0.2) is 9.56 Å². The number of nitrogens with one attached hydrogen (secondary N) is 1. The van der Waals surface area contributed by atoms with Gasteiger partial charge in [-0.3, -0.25) is 19.2 Å². The van der Waals surface area contributed by atoms with Crippen molar-refractivity contribution in [2.75, 3.05) is 38.3 Å². The third-order valence-electron chi connectivity index (χ3n) is 7.32. The molecular formula is C30H33ClN8O3S. The number of nitrogens with two attached hydrogens (primary N) is 1. The Hall–Kier alpha value is -4.00. The Kier molecular flexibility index (Phi) is 9.28. The van der Waals surface area contributed by atoms with Crippen LogP contribution >= 0.6 is 11.8 Å². The van der Waals surface area contributed by atoms with E-state index in [1.165, 1.54) is 16.7 Å². The third kappa shape index (κ3) is 6.36. The zero-order valence-electron chi connectivity index (χ0n) is 24.0. The van der Waals surface area contributed by atoms with Gasteiger partial charge in [0.1, 0.15) is 31.0 Å². The number of carbonyl (C=O) groups excluding carboxylic acids is 2. The van der Waals surface area contributed by atoms with Crippen molar-refractivity contribution in [3.05, 3.63) is 65.8 Å². The van der Waals surface area contributed by atoms with Gasteiger partial charge >= 0.3 is 0 Å². The predicted octanol–water partition coefficient (Wildman–Crippen LogP) is -0.465. The first-order valence-electron chi connectivity index (χ1n) is 14.0. The van der Waals surface area contributed by atoms with E-state index in [0.29, 0.717) is 31.1 Å². The topological polar surface area (TPSA) is 135 Å². The summed E-state index contributed by atoms with van der Waals surface area (Å²) >= 11 is 1.43. The minimum atomic E-state index is -0.355. The minimum Gasteiger partial charge on any atom is -1.00 e. The molecule has 1 fully saturated rings. The van der Waals surface area contributed by atoms with E-state index in [1.807, 2.05) is 55.1 Å². The smallest absolute Gasteiger partial charge is 0.243 e. The van der Waals surface area contributed by atoms with Crippen LogP contribution in [0.15, 0.2) is 59.1 Å². The van der Waals surface area contributed by atoms with Gasteiger partial charge in [0.2, 0.25) is 17.2 Å². The molecule has 3 N–H and O–H groups in total. The summed E-state index contributed by atoms with van der Waals surface area (Å²) in [6.45, 7) is 1.94. The number of imide groups is 1. The van der Waals surface area contributed by atoms with Crippen LogP contribution in [-0.4, -0.2) is 74.9 Å². The SMILES string of the molecule is C[N+](C)=c1ccc2nc3c(cc(NCCCn4cc(CN5C(=O)CC(SCCN)C5=O)nn4)c4ccccc43)oc-2c1.[Cl-]. The van der Waals surface area contributed by atoms with Crippen molar-refractivity contribution in [3.63, 3.8) is 0 Å². The van der Waals surface area contributed by atoms with E-state index in [4.69, 9.17) is 15.1 Å². The Bertz CT molecular complexity index is 1830. The number of hydrogen-bond donors (Lipinski definition) is 2. The first-order chi connectivity index (χ1) is 20.4. The molecule has 0 radical (unpaired) electrons. The minimum absolute atomic E-state index is 0. The molecule has 0 bridgehead atoms. The van der Waals surface area contributed by atoms with E-state index in [9.17, 15) is 9.59 Å². The van der Waals surface area contributed by atoms with Crippen molar-refractivity contribution in [1.82, 2.24) is 29.5 Å². The number of aromatic nitrogens is 4. The van der Waals surface area contributed by atoms with Crippen molar-refractivity contribution in [3.8, 4) is 11.5 Å². The van der Waals surface area contributed by atoms with Crippen LogP contribution in [0.4, 0.5) is 5.69 Å². The number of benzene rings is 3.